The second kappa shape index (κ2) is 8.55. The van der Waals surface area contributed by atoms with E-state index in [-0.39, 0.29) is 5.91 Å². The molecule has 2 aliphatic rings. The third kappa shape index (κ3) is 4.49. The molecule has 4 rings (SSSR count). The van der Waals surface area contributed by atoms with Gasteiger partial charge in [0, 0.05) is 32.4 Å². The first-order chi connectivity index (χ1) is 13.3. The molecule has 0 radical (unpaired) electrons. The van der Waals surface area contributed by atoms with E-state index in [1.165, 1.54) is 31.2 Å². The largest absolute Gasteiger partial charge is 0.370 e. The lowest BCUT2D eigenvalue weighted by Crippen LogP contribution is -2.36. The molecule has 4 heteroatoms. The Morgan fingerprint density at radius 1 is 0.963 bits per heavy atom. The van der Waals surface area contributed by atoms with Crippen molar-refractivity contribution in [3.8, 4) is 0 Å². The van der Waals surface area contributed by atoms with Gasteiger partial charge in [-0.05, 0) is 56.1 Å². The first kappa shape index (κ1) is 18.0. The molecule has 0 spiro atoms. The number of amides is 1. The monoisotopic (exact) mass is 363 g/mol. The summed E-state index contributed by atoms with van der Waals surface area (Å²) in [6.45, 7) is 3.85. The normalized spacial score (nSPS) is 18.5. The van der Waals surface area contributed by atoms with Crippen molar-refractivity contribution in [3.63, 3.8) is 0 Å². The molecular formula is C23H29N3O. The number of hydrogen-bond acceptors (Lipinski definition) is 3. The molecule has 0 saturated carbocycles. The molecule has 0 atom stereocenters. The minimum Gasteiger partial charge on any atom is -0.370 e. The second-order valence-electron chi connectivity index (χ2n) is 7.90. The first-order valence-electron chi connectivity index (χ1n) is 10.3. The van der Waals surface area contributed by atoms with Crippen molar-refractivity contribution in [2.75, 3.05) is 31.1 Å². The number of likely N-dealkylation sites (tertiary alicyclic amines) is 1. The highest BCUT2D eigenvalue weighted by atomic mass is 16.2. The molecule has 0 N–H and O–H groups in total. The first-order valence-corrected chi connectivity index (χ1v) is 10.3. The fraction of sp³-hybridized carbons (Fsp3) is 0.478. The van der Waals surface area contributed by atoms with Gasteiger partial charge >= 0.3 is 0 Å². The van der Waals surface area contributed by atoms with Crippen molar-refractivity contribution in [3.05, 3.63) is 59.9 Å². The third-order valence-corrected chi connectivity index (χ3v) is 5.96. The summed E-state index contributed by atoms with van der Waals surface area (Å²) in [4.78, 5) is 21.5. The zero-order chi connectivity index (χ0) is 18.5. The standard InChI is InChI=1S/C23H29N3O/c27-23(26-11-5-2-6-12-26)21-16-22(18-24-17-21)25-13-9-20(10-14-25)15-19-7-3-1-4-8-19/h1,3-4,7-8,16-18,20H,2,5-6,9-15H2. The minimum absolute atomic E-state index is 0.142. The van der Waals surface area contributed by atoms with Gasteiger partial charge in [-0.2, -0.15) is 0 Å². The van der Waals surface area contributed by atoms with E-state index >= 15 is 0 Å². The summed E-state index contributed by atoms with van der Waals surface area (Å²) in [7, 11) is 0. The van der Waals surface area contributed by atoms with Crippen LogP contribution in [0.1, 0.15) is 48.0 Å². The lowest BCUT2D eigenvalue weighted by molar-refractivity contribution is 0.0724. The van der Waals surface area contributed by atoms with Gasteiger partial charge in [-0.3, -0.25) is 9.78 Å². The number of benzene rings is 1. The van der Waals surface area contributed by atoms with Gasteiger partial charge < -0.3 is 9.80 Å². The zero-order valence-electron chi connectivity index (χ0n) is 16.0. The molecule has 2 aromatic rings. The summed E-state index contributed by atoms with van der Waals surface area (Å²) >= 11 is 0. The smallest absolute Gasteiger partial charge is 0.255 e. The van der Waals surface area contributed by atoms with Crippen molar-refractivity contribution in [2.24, 2.45) is 5.92 Å². The topological polar surface area (TPSA) is 36.4 Å². The highest BCUT2D eigenvalue weighted by Gasteiger charge is 2.22. The summed E-state index contributed by atoms with van der Waals surface area (Å²) in [6, 6.07) is 12.8. The van der Waals surface area contributed by atoms with Crippen LogP contribution in [0, 0.1) is 5.92 Å². The van der Waals surface area contributed by atoms with Crippen molar-refractivity contribution in [1.29, 1.82) is 0 Å². The molecule has 142 valence electrons. The van der Waals surface area contributed by atoms with E-state index in [1.54, 1.807) is 6.20 Å². The Kier molecular flexibility index (Phi) is 5.71. The van der Waals surface area contributed by atoms with E-state index in [4.69, 9.17) is 0 Å². The summed E-state index contributed by atoms with van der Waals surface area (Å²) in [5.41, 5.74) is 3.27. The quantitative estimate of drug-likeness (QED) is 0.818. The maximum Gasteiger partial charge on any atom is 0.255 e. The second-order valence-corrected chi connectivity index (χ2v) is 7.90. The van der Waals surface area contributed by atoms with E-state index in [0.717, 1.165) is 56.2 Å². The van der Waals surface area contributed by atoms with Crippen molar-refractivity contribution >= 4 is 11.6 Å². The Balaban J connectivity index is 1.36. The van der Waals surface area contributed by atoms with Gasteiger partial charge in [0.25, 0.3) is 5.91 Å². The van der Waals surface area contributed by atoms with Gasteiger partial charge in [0.05, 0.1) is 17.4 Å². The van der Waals surface area contributed by atoms with Crippen LogP contribution in [0.4, 0.5) is 5.69 Å². The van der Waals surface area contributed by atoms with Crippen LogP contribution in [0.15, 0.2) is 48.8 Å². The van der Waals surface area contributed by atoms with E-state index in [2.05, 4.69) is 40.2 Å². The van der Waals surface area contributed by atoms with E-state index in [0.29, 0.717) is 0 Å². The number of piperidine rings is 2. The van der Waals surface area contributed by atoms with Crippen molar-refractivity contribution < 1.29 is 4.79 Å². The summed E-state index contributed by atoms with van der Waals surface area (Å²) in [6.07, 6.45) is 10.7. The highest BCUT2D eigenvalue weighted by Crippen LogP contribution is 2.26. The van der Waals surface area contributed by atoms with Gasteiger partial charge in [-0.1, -0.05) is 30.3 Å². The fourth-order valence-electron chi connectivity index (χ4n) is 4.34. The molecule has 1 aromatic carbocycles. The Bertz CT molecular complexity index is 747. The predicted octanol–water partition coefficient (Wildman–Crippen LogP) is 4.17. The van der Waals surface area contributed by atoms with Gasteiger partial charge in [0.15, 0.2) is 0 Å². The number of pyridine rings is 1. The lowest BCUT2D eigenvalue weighted by Gasteiger charge is -2.34. The molecule has 2 aliphatic heterocycles. The van der Waals surface area contributed by atoms with Crippen LogP contribution in [-0.2, 0) is 6.42 Å². The SMILES string of the molecule is O=C(c1cncc(N2CCC(Cc3ccccc3)CC2)c1)N1CCCCC1. The zero-order valence-corrected chi connectivity index (χ0v) is 16.0. The number of anilines is 1. The van der Waals surface area contributed by atoms with Crippen LogP contribution in [0.2, 0.25) is 0 Å². The van der Waals surface area contributed by atoms with Crippen molar-refractivity contribution in [1.82, 2.24) is 9.88 Å². The molecule has 1 aromatic heterocycles. The Hall–Kier alpha value is -2.36. The number of carbonyl (C=O) groups excluding carboxylic acids is 1. The molecule has 3 heterocycles. The Labute approximate surface area is 162 Å². The number of hydrogen-bond donors (Lipinski definition) is 0. The van der Waals surface area contributed by atoms with Crippen LogP contribution in [0.3, 0.4) is 0 Å². The van der Waals surface area contributed by atoms with Gasteiger partial charge in [-0.15, -0.1) is 0 Å². The minimum atomic E-state index is 0.142. The van der Waals surface area contributed by atoms with Crippen LogP contribution in [0.25, 0.3) is 0 Å². The van der Waals surface area contributed by atoms with E-state index in [9.17, 15) is 4.79 Å². The lowest BCUT2D eigenvalue weighted by atomic mass is 9.90. The Morgan fingerprint density at radius 2 is 1.70 bits per heavy atom. The molecule has 0 unspecified atom stereocenters. The average molecular weight is 364 g/mol. The molecule has 1 amide bonds. The summed E-state index contributed by atoms with van der Waals surface area (Å²) in [5, 5.41) is 0. The molecular weight excluding hydrogens is 334 g/mol. The van der Waals surface area contributed by atoms with Gasteiger partial charge in [0.2, 0.25) is 0 Å². The average Bonchev–Trinajstić information content (AvgIpc) is 2.75. The molecule has 0 aliphatic carbocycles. The highest BCUT2D eigenvalue weighted by molar-refractivity contribution is 5.94. The molecule has 0 bridgehead atoms. The predicted molar refractivity (Wildman–Crippen MR) is 109 cm³/mol. The summed E-state index contributed by atoms with van der Waals surface area (Å²) in [5.74, 6) is 0.887. The molecule has 2 fully saturated rings. The van der Waals surface area contributed by atoms with Crippen LogP contribution < -0.4 is 4.90 Å². The van der Waals surface area contributed by atoms with Gasteiger partial charge in [0.1, 0.15) is 0 Å². The number of carbonyl (C=O) groups is 1. The maximum atomic E-state index is 12.8. The van der Waals surface area contributed by atoms with Gasteiger partial charge in [-0.25, -0.2) is 0 Å². The van der Waals surface area contributed by atoms with E-state index < -0.39 is 0 Å². The molecule has 4 nitrogen and oxygen atoms in total. The maximum absolute atomic E-state index is 12.8. The molecule has 2 saturated heterocycles. The van der Waals surface area contributed by atoms with Crippen LogP contribution in [-0.4, -0.2) is 42.0 Å². The molecule has 27 heavy (non-hydrogen) atoms. The number of nitrogens with zero attached hydrogens (tertiary/aromatic N) is 3. The fourth-order valence-corrected chi connectivity index (χ4v) is 4.34. The van der Waals surface area contributed by atoms with Crippen molar-refractivity contribution in [2.45, 2.75) is 38.5 Å². The van der Waals surface area contributed by atoms with E-state index in [1.807, 2.05) is 17.2 Å². The Morgan fingerprint density at radius 3 is 2.44 bits per heavy atom. The summed E-state index contributed by atoms with van der Waals surface area (Å²) < 4.78 is 0. The number of aromatic nitrogens is 1. The third-order valence-electron chi connectivity index (χ3n) is 5.96. The number of rotatable bonds is 4. The van der Waals surface area contributed by atoms with Crippen LogP contribution in [0.5, 0.6) is 0 Å². The van der Waals surface area contributed by atoms with Crippen LogP contribution >= 0.6 is 0 Å².